The molecular formula is C22H20F3N8+. The Morgan fingerprint density at radius 1 is 1.06 bits per heavy atom. The van der Waals surface area contributed by atoms with Crippen LogP contribution in [0.1, 0.15) is 36.3 Å². The van der Waals surface area contributed by atoms with E-state index in [0.29, 0.717) is 24.0 Å². The molecule has 0 amide bonds. The van der Waals surface area contributed by atoms with Gasteiger partial charge in [0.1, 0.15) is 12.4 Å². The van der Waals surface area contributed by atoms with Crippen LogP contribution < -0.4 is 9.88 Å². The second-order valence-corrected chi connectivity index (χ2v) is 8.26. The van der Waals surface area contributed by atoms with Gasteiger partial charge in [-0.3, -0.25) is 0 Å². The van der Waals surface area contributed by atoms with Gasteiger partial charge < -0.3 is 14.5 Å². The molecule has 4 aromatic heterocycles. The van der Waals surface area contributed by atoms with Crippen molar-refractivity contribution in [2.75, 3.05) is 6.54 Å². The number of fused-ring (bicyclic) bond motifs is 1. The molecule has 1 fully saturated rings. The molecule has 5 heterocycles. The lowest BCUT2D eigenvalue weighted by Crippen LogP contribution is -2.39. The maximum Gasteiger partial charge on any atom is 0.409 e. The van der Waals surface area contributed by atoms with Gasteiger partial charge in [0.25, 0.3) is 0 Å². The third-order valence-electron chi connectivity index (χ3n) is 6.04. The molecule has 8 nitrogen and oxygen atoms in total. The van der Waals surface area contributed by atoms with Crippen LogP contribution in [0.5, 0.6) is 0 Å². The molecule has 0 radical (unpaired) electrons. The van der Waals surface area contributed by atoms with E-state index in [1.165, 1.54) is 6.33 Å². The maximum atomic E-state index is 13.3. The van der Waals surface area contributed by atoms with Crippen LogP contribution >= 0.6 is 0 Å². The topological polar surface area (TPSA) is 77.3 Å². The molecule has 2 aliphatic rings. The molecule has 1 unspecified atom stereocenters. The molecule has 0 saturated heterocycles. The number of imidazole rings is 1. The van der Waals surface area contributed by atoms with Gasteiger partial charge in [0, 0.05) is 42.9 Å². The summed E-state index contributed by atoms with van der Waals surface area (Å²) < 4.78 is 45.7. The standard InChI is InChI=1S/C22H20F3N8/c23-22(24,25)20-19-17(6-9-26-20)32(12-27-19)15-7-10-31(11-8-15)18-3-1-2-16(29-18)21-30-28-13-33(21)14-4-5-14/h1-3,7-8,10-14,20,26H,4-6,9H2/q+1. The number of alkyl halides is 3. The summed E-state index contributed by atoms with van der Waals surface area (Å²) in [6.45, 7) is 0.248. The Morgan fingerprint density at radius 2 is 1.88 bits per heavy atom. The van der Waals surface area contributed by atoms with Crippen LogP contribution in [0.15, 0.2) is 55.4 Å². The van der Waals surface area contributed by atoms with Crippen LogP contribution in [0.4, 0.5) is 13.2 Å². The first-order valence-electron chi connectivity index (χ1n) is 10.7. The SMILES string of the molecule is FC(F)(F)C1NCCc2c1ncn2-c1cc[n+](-c2cccc(-c3nncn3C3CC3)n2)cc1. The first-order valence-corrected chi connectivity index (χ1v) is 10.7. The van der Waals surface area contributed by atoms with Gasteiger partial charge in [-0.2, -0.15) is 13.2 Å². The fourth-order valence-electron chi connectivity index (χ4n) is 4.27. The molecule has 1 saturated carbocycles. The molecule has 0 aromatic carbocycles. The molecule has 1 atom stereocenters. The molecule has 1 N–H and O–H groups in total. The molecule has 0 bridgehead atoms. The zero-order valence-corrected chi connectivity index (χ0v) is 17.4. The largest absolute Gasteiger partial charge is 0.409 e. The van der Waals surface area contributed by atoms with E-state index in [-0.39, 0.29) is 12.2 Å². The number of rotatable bonds is 4. The Morgan fingerprint density at radius 3 is 2.64 bits per heavy atom. The Bertz CT molecular complexity index is 1300. The van der Waals surface area contributed by atoms with Crippen molar-refractivity contribution in [3.05, 3.63) is 66.8 Å². The molecule has 11 heteroatoms. The van der Waals surface area contributed by atoms with Gasteiger partial charge in [-0.25, -0.2) is 9.55 Å². The molecule has 1 aliphatic heterocycles. The fraction of sp³-hybridized carbons (Fsp3) is 0.318. The van der Waals surface area contributed by atoms with Crippen molar-refractivity contribution in [1.29, 1.82) is 0 Å². The first-order chi connectivity index (χ1) is 16.0. The Balaban J connectivity index is 1.30. The number of hydrogen-bond acceptors (Lipinski definition) is 5. The summed E-state index contributed by atoms with van der Waals surface area (Å²) in [5.41, 5.74) is 2.10. The van der Waals surface area contributed by atoms with Gasteiger partial charge in [0.2, 0.25) is 11.5 Å². The number of hydrogen-bond donors (Lipinski definition) is 1. The molecular weight excluding hydrogens is 433 g/mol. The van der Waals surface area contributed by atoms with E-state index < -0.39 is 12.2 Å². The van der Waals surface area contributed by atoms with Crippen molar-refractivity contribution in [2.24, 2.45) is 0 Å². The van der Waals surface area contributed by atoms with Crippen molar-refractivity contribution < 1.29 is 17.7 Å². The van der Waals surface area contributed by atoms with Gasteiger partial charge in [0.15, 0.2) is 0 Å². The lowest BCUT2D eigenvalue weighted by molar-refractivity contribution is -0.599. The lowest BCUT2D eigenvalue weighted by atomic mass is 10.0. The monoisotopic (exact) mass is 453 g/mol. The number of halogens is 3. The molecule has 1 aliphatic carbocycles. The van der Waals surface area contributed by atoms with Crippen LogP contribution in [0, 0.1) is 0 Å². The van der Waals surface area contributed by atoms with Crippen molar-refractivity contribution in [3.63, 3.8) is 0 Å². The zero-order valence-electron chi connectivity index (χ0n) is 17.4. The normalized spacial score (nSPS) is 18.3. The van der Waals surface area contributed by atoms with Crippen LogP contribution in [0.3, 0.4) is 0 Å². The van der Waals surface area contributed by atoms with E-state index in [9.17, 15) is 13.2 Å². The quantitative estimate of drug-likeness (QED) is 0.481. The number of nitrogens with one attached hydrogen (secondary N) is 1. The molecule has 0 spiro atoms. The smallest absolute Gasteiger partial charge is 0.307 e. The summed E-state index contributed by atoms with van der Waals surface area (Å²) in [5, 5.41) is 10.8. The summed E-state index contributed by atoms with van der Waals surface area (Å²) in [5.74, 6) is 1.45. The highest BCUT2D eigenvalue weighted by atomic mass is 19.4. The van der Waals surface area contributed by atoms with Gasteiger partial charge in [-0.15, -0.1) is 10.2 Å². The first kappa shape index (κ1) is 20.0. The predicted octanol–water partition coefficient (Wildman–Crippen LogP) is 2.89. The molecule has 6 rings (SSSR count). The van der Waals surface area contributed by atoms with Crippen LogP contribution in [-0.4, -0.2) is 42.0 Å². The van der Waals surface area contributed by atoms with Gasteiger partial charge >= 0.3 is 12.0 Å². The van der Waals surface area contributed by atoms with Gasteiger partial charge in [-0.05, 0) is 30.0 Å². The van der Waals surface area contributed by atoms with Crippen LogP contribution in [0.25, 0.3) is 23.0 Å². The average molecular weight is 453 g/mol. The summed E-state index contributed by atoms with van der Waals surface area (Å²) in [6, 6.07) is 8.10. The number of nitrogens with zero attached hydrogens (tertiary/aromatic N) is 7. The summed E-state index contributed by atoms with van der Waals surface area (Å²) in [7, 11) is 0. The fourth-order valence-corrected chi connectivity index (χ4v) is 4.27. The zero-order chi connectivity index (χ0) is 22.6. The van der Waals surface area contributed by atoms with Gasteiger partial charge in [-0.1, -0.05) is 0 Å². The molecule has 168 valence electrons. The van der Waals surface area contributed by atoms with Crippen LogP contribution in [0.2, 0.25) is 0 Å². The second-order valence-electron chi connectivity index (χ2n) is 8.26. The lowest BCUT2D eigenvalue weighted by Gasteiger charge is -2.26. The maximum absolute atomic E-state index is 13.3. The summed E-state index contributed by atoms with van der Waals surface area (Å²) in [4.78, 5) is 8.82. The number of pyridine rings is 2. The third kappa shape index (κ3) is 3.58. The van der Waals surface area contributed by atoms with E-state index >= 15 is 0 Å². The summed E-state index contributed by atoms with van der Waals surface area (Å²) in [6.07, 6.45) is 5.21. The van der Waals surface area contributed by atoms with Crippen molar-refractivity contribution in [1.82, 2.24) is 34.6 Å². The van der Waals surface area contributed by atoms with Crippen LogP contribution in [-0.2, 0) is 6.42 Å². The molecule has 33 heavy (non-hydrogen) atoms. The number of aromatic nitrogens is 7. The van der Waals surface area contributed by atoms with E-state index in [0.717, 1.165) is 30.0 Å². The average Bonchev–Trinajstić information content (AvgIpc) is 3.38. The molecule has 4 aromatic rings. The Labute approximate surface area is 186 Å². The summed E-state index contributed by atoms with van der Waals surface area (Å²) >= 11 is 0. The minimum atomic E-state index is -4.38. The van der Waals surface area contributed by atoms with Crippen molar-refractivity contribution in [2.45, 2.75) is 37.5 Å². The van der Waals surface area contributed by atoms with E-state index in [1.54, 1.807) is 10.9 Å². The van der Waals surface area contributed by atoms with Crippen molar-refractivity contribution >= 4 is 0 Å². The Kier molecular flexibility index (Phi) is 4.54. The van der Waals surface area contributed by atoms with E-state index in [4.69, 9.17) is 4.98 Å². The van der Waals surface area contributed by atoms with E-state index in [2.05, 4.69) is 25.1 Å². The highest BCUT2D eigenvalue weighted by Gasteiger charge is 2.45. The Hall–Kier alpha value is -3.60. The predicted molar refractivity (Wildman–Crippen MR) is 111 cm³/mol. The van der Waals surface area contributed by atoms with Gasteiger partial charge in [0.05, 0.1) is 30.1 Å². The highest BCUT2D eigenvalue weighted by Crippen LogP contribution is 2.37. The van der Waals surface area contributed by atoms with E-state index in [1.807, 2.05) is 47.3 Å². The minimum Gasteiger partial charge on any atom is -0.307 e. The third-order valence-corrected chi connectivity index (χ3v) is 6.04. The highest BCUT2D eigenvalue weighted by molar-refractivity contribution is 5.50. The van der Waals surface area contributed by atoms with Crippen molar-refractivity contribution in [3.8, 4) is 23.0 Å². The second kappa shape index (κ2) is 7.48. The minimum absolute atomic E-state index is 0.0413.